The average Bonchev–Trinajstić information content (AvgIpc) is 3.06. The Bertz CT molecular complexity index is 1160. The van der Waals surface area contributed by atoms with Crippen molar-refractivity contribution in [2.45, 2.75) is 0 Å². The van der Waals surface area contributed by atoms with E-state index in [0.717, 1.165) is 12.2 Å². The Kier molecular flexibility index (Phi) is 3.16. The number of carbonyl (C=O) groups excluding carboxylic acids is 2. The predicted molar refractivity (Wildman–Crippen MR) is 87.7 cm³/mol. The molecule has 0 aliphatic heterocycles. The molecule has 0 bridgehead atoms. The van der Waals surface area contributed by atoms with Gasteiger partial charge in [-0.25, -0.2) is 0 Å². The number of ketones is 2. The zero-order valence-corrected chi connectivity index (χ0v) is 12.9. The maximum Gasteiger partial charge on any atom is 0.294 e. The third-order valence-corrected chi connectivity index (χ3v) is 3.98. The molecule has 4 N–H and O–H groups in total. The quantitative estimate of drug-likeness (QED) is 0.313. The number of aromatic hydroxyl groups is 4. The molecule has 3 aromatic rings. The molecule has 0 atom stereocenters. The molecule has 0 amide bonds. The molecule has 2 heterocycles. The third-order valence-electron chi connectivity index (χ3n) is 3.98. The summed E-state index contributed by atoms with van der Waals surface area (Å²) in [5.41, 5.74) is 0.414. The molecular formula is C18H10O8. The van der Waals surface area contributed by atoms with E-state index >= 15 is 0 Å². The Morgan fingerprint density at radius 3 is 2.04 bits per heavy atom. The minimum Gasteiger partial charge on any atom is -0.504 e. The molecule has 8 nitrogen and oxygen atoms in total. The van der Waals surface area contributed by atoms with Crippen molar-refractivity contribution in [3.63, 3.8) is 0 Å². The number of rotatable bonds is 2. The third kappa shape index (κ3) is 2.16. The molecule has 0 unspecified atom stereocenters. The van der Waals surface area contributed by atoms with Gasteiger partial charge in [0, 0.05) is 0 Å². The first-order valence-corrected chi connectivity index (χ1v) is 7.35. The Balaban J connectivity index is 1.94. The van der Waals surface area contributed by atoms with E-state index in [9.17, 15) is 30.0 Å². The maximum atomic E-state index is 11.6. The van der Waals surface area contributed by atoms with Crippen molar-refractivity contribution < 1.29 is 38.8 Å². The molecule has 26 heavy (non-hydrogen) atoms. The number of carbonyl (C=O) groups is 2. The average molecular weight is 354 g/mol. The first-order chi connectivity index (χ1) is 12.4. The molecule has 0 fully saturated rings. The number of phenolic OH excluding ortho intramolecular Hbond substituents is 2. The Morgan fingerprint density at radius 1 is 0.731 bits per heavy atom. The number of fused-ring (bicyclic) bond motifs is 1. The van der Waals surface area contributed by atoms with Crippen molar-refractivity contribution in [1.82, 2.24) is 0 Å². The summed E-state index contributed by atoms with van der Waals surface area (Å²) in [5, 5.41) is 39.3. The lowest BCUT2D eigenvalue weighted by atomic mass is 9.99. The van der Waals surface area contributed by atoms with Crippen molar-refractivity contribution in [3.8, 4) is 34.5 Å². The highest BCUT2D eigenvalue weighted by atomic mass is 16.5. The van der Waals surface area contributed by atoms with Crippen molar-refractivity contribution in [2.75, 3.05) is 0 Å². The highest BCUT2D eigenvalue weighted by Crippen LogP contribution is 2.48. The van der Waals surface area contributed by atoms with Crippen LogP contribution in [-0.2, 0) is 9.59 Å². The first kappa shape index (κ1) is 15.6. The van der Waals surface area contributed by atoms with E-state index in [4.69, 9.17) is 8.83 Å². The molecule has 130 valence electrons. The van der Waals surface area contributed by atoms with Crippen LogP contribution in [0.15, 0.2) is 45.3 Å². The molecule has 0 spiro atoms. The summed E-state index contributed by atoms with van der Waals surface area (Å²) < 4.78 is 10.6. The van der Waals surface area contributed by atoms with E-state index in [0.29, 0.717) is 0 Å². The van der Waals surface area contributed by atoms with Crippen LogP contribution in [0.1, 0.15) is 5.56 Å². The zero-order chi connectivity index (χ0) is 18.6. The summed E-state index contributed by atoms with van der Waals surface area (Å²) in [6.07, 6.45) is 3.40. The van der Waals surface area contributed by atoms with Gasteiger partial charge >= 0.3 is 0 Å². The fourth-order valence-corrected chi connectivity index (χ4v) is 2.76. The summed E-state index contributed by atoms with van der Waals surface area (Å²) in [6.45, 7) is 0. The SMILES string of the molecule is O=C1C=CC(c2c(O)oc3c(-c4ccc(O)c(O)c4)c(O)oc23)=CC1=O. The van der Waals surface area contributed by atoms with Crippen LogP contribution in [-0.4, -0.2) is 32.0 Å². The van der Waals surface area contributed by atoms with E-state index in [1.165, 1.54) is 24.3 Å². The number of furan rings is 2. The van der Waals surface area contributed by atoms with E-state index < -0.39 is 29.2 Å². The summed E-state index contributed by atoms with van der Waals surface area (Å²) in [5.74, 6) is -3.36. The zero-order valence-electron chi connectivity index (χ0n) is 12.9. The number of phenols is 2. The van der Waals surface area contributed by atoms with Gasteiger partial charge in [-0.05, 0) is 41.5 Å². The van der Waals surface area contributed by atoms with Crippen molar-refractivity contribution in [3.05, 3.63) is 42.0 Å². The van der Waals surface area contributed by atoms with Crippen LogP contribution in [0.5, 0.6) is 23.4 Å². The van der Waals surface area contributed by atoms with Gasteiger partial charge in [0.1, 0.15) is 11.1 Å². The van der Waals surface area contributed by atoms with E-state index in [2.05, 4.69) is 0 Å². The normalized spacial score (nSPS) is 14.2. The van der Waals surface area contributed by atoms with Crippen LogP contribution in [0.2, 0.25) is 0 Å². The van der Waals surface area contributed by atoms with Crippen molar-refractivity contribution in [1.29, 1.82) is 0 Å². The maximum absolute atomic E-state index is 11.6. The molecule has 1 aliphatic rings. The monoisotopic (exact) mass is 354 g/mol. The standard InChI is InChI=1S/C18H10O8/c19-9-3-1-7(5-11(9)21)13-15-16(26-17(13)23)14(18(24)25-15)8-2-4-10(20)12(22)6-8/h1-6,19,21,23-24H. The smallest absolute Gasteiger partial charge is 0.294 e. The number of allylic oxidation sites excluding steroid dienone is 4. The van der Waals surface area contributed by atoms with Gasteiger partial charge in [0.2, 0.25) is 11.6 Å². The molecule has 0 saturated carbocycles. The Morgan fingerprint density at radius 2 is 1.38 bits per heavy atom. The topological polar surface area (TPSA) is 141 Å². The van der Waals surface area contributed by atoms with Crippen molar-refractivity contribution in [2.24, 2.45) is 0 Å². The predicted octanol–water partition coefficient (Wildman–Crippen LogP) is 2.61. The van der Waals surface area contributed by atoms with Crippen LogP contribution >= 0.6 is 0 Å². The molecule has 4 rings (SSSR count). The Hall–Kier alpha value is -3.94. The van der Waals surface area contributed by atoms with E-state index in [1.807, 2.05) is 0 Å². The molecule has 1 aliphatic carbocycles. The van der Waals surface area contributed by atoms with E-state index in [1.54, 1.807) is 0 Å². The van der Waals surface area contributed by atoms with Crippen molar-refractivity contribution >= 4 is 28.3 Å². The lowest BCUT2D eigenvalue weighted by molar-refractivity contribution is -0.131. The lowest BCUT2D eigenvalue weighted by Gasteiger charge is -2.03. The second kappa shape index (κ2) is 5.28. The molecular weight excluding hydrogens is 344 g/mol. The molecule has 0 saturated heterocycles. The summed E-state index contributed by atoms with van der Waals surface area (Å²) in [7, 11) is 0. The van der Waals surface area contributed by atoms with Gasteiger partial charge in [-0.15, -0.1) is 0 Å². The second-order valence-corrected chi connectivity index (χ2v) is 5.59. The highest BCUT2D eigenvalue weighted by molar-refractivity contribution is 6.48. The molecule has 1 aromatic carbocycles. The first-order valence-electron chi connectivity index (χ1n) is 7.35. The van der Waals surface area contributed by atoms with Crippen LogP contribution in [0.25, 0.3) is 27.9 Å². The fraction of sp³-hybridized carbons (Fsp3) is 0. The number of hydrogen-bond acceptors (Lipinski definition) is 8. The van der Waals surface area contributed by atoms with Gasteiger partial charge < -0.3 is 29.3 Å². The number of benzene rings is 1. The summed E-state index contributed by atoms with van der Waals surface area (Å²) in [4.78, 5) is 22.9. The van der Waals surface area contributed by atoms with Crippen LogP contribution < -0.4 is 0 Å². The largest absolute Gasteiger partial charge is 0.504 e. The van der Waals surface area contributed by atoms with Crippen LogP contribution in [0.4, 0.5) is 0 Å². The van der Waals surface area contributed by atoms with Gasteiger partial charge in [-0.1, -0.05) is 6.07 Å². The van der Waals surface area contributed by atoms with Crippen LogP contribution in [0, 0.1) is 0 Å². The van der Waals surface area contributed by atoms with Gasteiger partial charge in [-0.2, -0.15) is 0 Å². The lowest BCUT2D eigenvalue weighted by Crippen LogP contribution is -2.11. The highest BCUT2D eigenvalue weighted by Gasteiger charge is 2.29. The molecule has 8 heteroatoms. The fourth-order valence-electron chi connectivity index (χ4n) is 2.76. The minimum absolute atomic E-state index is 0.00153. The Labute approximate surface area is 144 Å². The van der Waals surface area contributed by atoms with E-state index in [-0.39, 0.29) is 39.2 Å². The molecule has 2 aromatic heterocycles. The summed E-state index contributed by atoms with van der Waals surface area (Å²) in [6, 6.07) is 3.80. The van der Waals surface area contributed by atoms with Gasteiger partial charge in [0.25, 0.3) is 11.9 Å². The van der Waals surface area contributed by atoms with Gasteiger partial charge in [-0.3, -0.25) is 9.59 Å². The van der Waals surface area contributed by atoms with Gasteiger partial charge in [0.15, 0.2) is 22.7 Å². The minimum atomic E-state index is -0.768. The van der Waals surface area contributed by atoms with Gasteiger partial charge in [0.05, 0.1) is 0 Å². The summed E-state index contributed by atoms with van der Waals surface area (Å²) >= 11 is 0. The van der Waals surface area contributed by atoms with Crippen LogP contribution in [0.3, 0.4) is 0 Å². The number of hydrogen-bond donors (Lipinski definition) is 4. The second-order valence-electron chi connectivity index (χ2n) is 5.59. The molecule has 0 radical (unpaired) electrons.